The van der Waals surface area contributed by atoms with Crippen LogP contribution in [0.5, 0.6) is 0 Å². The van der Waals surface area contributed by atoms with Crippen LogP contribution in [0.1, 0.15) is 18.9 Å². The summed E-state index contributed by atoms with van der Waals surface area (Å²) < 4.78 is 0. The van der Waals surface area contributed by atoms with Gasteiger partial charge in [-0.2, -0.15) is 0 Å². The third-order valence-electron chi connectivity index (χ3n) is 2.53. The highest BCUT2D eigenvalue weighted by Gasteiger charge is 2.02. The van der Waals surface area contributed by atoms with E-state index in [-0.39, 0.29) is 0 Å². The van der Waals surface area contributed by atoms with Gasteiger partial charge < -0.3 is 16.4 Å². The molecular weight excluding hydrogens is 186 g/mol. The Morgan fingerprint density at radius 3 is 2.73 bits per heavy atom. The molecule has 0 saturated heterocycles. The van der Waals surface area contributed by atoms with Gasteiger partial charge in [0.2, 0.25) is 0 Å². The molecule has 3 heteroatoms. The van der Waals surface area contributed by atoms with E-state index in [1.165, 1.54) is 11.3 Å². The van der Waals surface area contributed by atoms with Crippen LogP contribution in [0.2, 0.25) is 0 Å². The van der Waals surface area contributed by atoms with E-state index < -0.39 is 0 Å². The third-order valence-corrected chi connectivity index (χ3v) is 2.53. The summed E-state index contributed by atoms with van der Waals surface area (Å²) in [6.45, 7) is 3.79. The summed E-state index contributed by atoms with van der Waals surface area (Å²) in [6, 6.07) is 8.79. The highest BCUT2D eigenvalue weighted by molar-refractivity contribution is 5.50. The molecule has 84 valence electrons. The molecule has 0 aliphatic heterocycles. The van der Waals surface area contributed by atoms with Crippen molar-refractivity contribution in [3.05, 3.63) is 29.8 Å². The fraction of sp³-hybridized carbons (Fsp3) is 0.500. The topological polar surface area (TPSA) is 50.1 Å². The van der Waals surface area contributed by atoms with Gasteiger partial charge in [0, 0.05) is 25.3 Å². The summed E-state index contributed by atoms with van der Waals surface area (Å²) in [6.07, 6.45) is 1.02. The summed E-state index contributed by atoms with van der Waals surface area (Å²) in [5.74, 6) is 0. The second kappa shape index (κ2) is 6.43. The molecule has 0 radical (unpaired) electrons. The first-order valence-electron chi connectivity index (χ1n) is 5.47. The predicted molar refractivity (Wildman–Crippen MR) is 66.0 cm³/mol. The van der Waals surface area contributed by atoms with Crippen LogP contribution in [-0.4, -0.2) is 19.6 Å². The van der Waals surface area contributed by atoms with Crippen molar-refractivity contribution in [2.24, 2.45) is 5.73 Å². The highest BCUT2D eigenvalue weighted by atomic mass is 14.9. The van der Waals surface area contributed by atoms with E-state index in [1.807, 2.05) is 13.1 Å². The SMILES string of the molecule is CNc1ccccc1CNC(C)CCN. The summed E-state index contributed by atoms with van der Waals surface area (Å²) in [5.41, 5.74) is 7.98. The standard InChI is InChI=1S/C12H21N3/c1-10(7-8-13)15-9-11-5-3-4-6-12(11)14-2/h3-6,10,14-15H,7-9,13H2,1-2H3. The quantitative estimate of drug-likeness (QED) is 0.663. The van der Waals surface area contributed by atoms with Gasteiger partial charge in [-0.15, -0.1) is 0 Å². The van der Waals surface area contributed by atoms with E-state index in [9.17, 15) is 0 Å². The van der Waals surface area contributed by atoms with Gasteiger partial charge in [0.15, 0.2) is 0 Å². The summed E-state index contributed by atoms with van der Waals surface area (Å²) in [7, 11) is 1.95. The lowest BCUT2D eigenvalue weighted by atomic mass is 10.1. The molecule has 0 heterocycles. The monoisotopic (exact) mass is 207 g/mol. The maximum Gasteiger partial charge on any atom is 0.0383 e. The van der Waals surface area contributed by atoms with Crippen molar-refractivity contribution >= 4 is 5.69 Å². The Balaban J connectivity index is 2.49. The van der Waals surface area contributed by atoms with Crippen LogP contribution in [0.3, 0.4) is 0 Å². The fourth-order valence-electron chi connectivity index (χ4n) is 1.55. The second-order valence-electron chi connectivity index (χ2n) is 3.77. The Kier molecular flexibility index (Phi) is 5.15. The minimum absolute atomic E-state index is 0.472. The molecule has 1 aromatic rings. The van der Waals surface area contributed by atoms with Crippen LogP contribution < -0.4 is 16.4 Å². The zero-order chi connectivity index (χ0) is 11.1. The molecule has 1 atom stereocenters. The van der Waals surface area contributed by atoms with Gasteiger partial charge in [-0.05, 0) is 31.5 Å². The molecule has 0 bridgehead atoms. The average Bonchev–Trinajstić information content (AvgIpc) is 2.27. The minimum atomic E-state index is 0.472. The van der Waals surface area contributed by atoms with Crippen molar-refractivity contribution in [3.8, 4) is 0 Å². The Labute approximate surface area is 92.1 Å². The van der Waals surface area contributed by atoms with E-state index in [2.05, 4.69) is 35.8 Å². The van der Waals surface area contributed by atoms with Crippen LogP contribution in [-0.2, 0) is 6.54 Å². The number of rotatable bonds is 6. The summed E-state index contributed by atoms with van der Waals surface area (Å²) in [4.78, 5) is 0. The number of hydrogen-bond donors (Lipinski definition) is 3. The van der Waals surface area contributed by atoms with Crippen LogP contribution in [0.25, 0.3) is 0 Å². The molecule has 0 spiro atoms. The van der Waals surface area contributed by atoms with Crippen LogP contribution >= 0.6 is 0 Å². The number of benzene rings is 1. The summed E-state index contributed by atoms with van der Waals surface area (Å²) >= 11 is 0. The maximum atomic E-state index is 5.50. The molecule has 0 fully saturated rings. The largest absolute Gasteiger partial charge is 0.388 e. The summed E-state index contributed by atoms with van der Waals surface area (Å²) in [5, 5.41) is 6.64. The van der Waals surface area contributed by atoms with E-state index in [1.54, 1.807) is 0 Å². The van der Waals surface area contributed by atoms with Gasteiger partial charge in [-0.25, -0.2) is 0 Å². The first-order chi connectivity index (χ1) is 7.27. The Hall–Kier alpha value is -1.06. The minimum Gasteiger partial charge on any atom is -0.388 e. The van der Waals surface area contributed by atoms with Crippen molar-refractivity contribution < 1.29 is 0 Å². The smallest absolute Gasteiger partial charge is 0.0383 e. The molecule has 0 aliphatic rings. The van der Waals surface area contributed by atoms with Gasteiger partial charge >= 0.3 is 0 Å². The van der Waals surface area contributed by atoms with E-state index in [4.69, 9.17) is 5.73 Å². The van der Waals surface area contributed by atoms with Crippen molar-refractivity contribution in [1.29, 1.82) is 0 Å². The molecule has 0 amide bonds. The number of nitrogens with one attached hydrogen (secondary N) is 2. The molecule has 1 rings (SSSR count). The number of nitrogens with two attached hydrogens (primary N) is 1. The number of para-hydroxylation sites is 1. The number of anilines is 1. The third kappa shape index (κ3) is 3.90. The molecule has 3 nitrogen and oxygen atoms in total. The van der Waals surface area contributed by atoms with Crippen molar-refractivity contribution in [2.45, 2.75) is 25.9 Å². The Morgan fingerprint density at radius 2 is 2.07 bits per heavy atom. The zero-order valence-corrected chi connectivity index (χ0v) is 9.59. The van der Waals surface area contributed by atoms with Crippen LogP contribution in [0.4, 0.5) is 5.69 Å². The molecule has 4 N–H and O–H groups in total. The van der Waals surface area contributed by atoms with Gasteiger partial charge in [0.05, 0.1) is 0 Å². The van der Waals surface area contributed by atoms with Gasteiger partial charge in [0.1, 0.15) is 0 Å². The highest BCUT2D eigenvalue weighted by Crippen LogP contribution is 2.13. The van der Waals surface area contributed by atoms with Gasteiger partial charge in [0.25, 0.3) is 0 Å². The van der Waals surface area contributed by atoms with Crippen LogP contribution in [0.15, 0.2) is 24.3 Å². The average molecular weight is 207 g/mol. The van der Waals surface area contributed by atoms with E-state index >= 15 is 0 Å². The molecule has 0 saturated carbocycles. The van der Waals surface area contributed by atoms with Gasteiger partial charge in [-0.3, -0.25) is 0 Å². The lowest BCUT2D eigenvalue weighted by Gasteiger charge is -2.14. The first-order valence-corrected chi connectivity index (χ1v) is 5.47. The first kappa shape index (κ1) is 12.0. The van der Waals surface area contributed by atoms with Crippen LogP contribution in [0, 0.1) is 0 Å². The van der Waals surface area contributed by atoms with E-state index in [0.29, 0.717) is 6.04 Å². The zero-order valence-electron chi connectivity index (χ0n) is 9.59. The Bertz CT molecular complexity index is 286. The molecule has 0 aromatic heterocycles. The Morgan fingerprint density at radius 1 is 1.33 bits per heavy atom. The molecular formula is C12H21N3. The number of hydrogen-bond acceptors (Lipinski definition) is 3. The van der Waals surface area contributed by atoms with Crippen molar-refractivity contribution in [1.82, 2.24) is 5.32 Å². The lowest BCUT2D eigenvalue weighted by molar-refractivity contribution is 0.520. The lowest BCUT2D eigenvalue weighted by Crippen LogP contribution is -2.28. The molecule has 1 unspecified atom stereocenters. The van der Waals surface area contributed by atoms with E-state index in [0.717, 1.165) is 19.5 Å². The normalized spacial score (nSPS) is 12.5. The molecule has 1 aromatic carbocycles. The second-order valence-corrected chi connectivity index (χ2v) is 3.77. The maximum absolute atomic E-state index is 5.50. The molecule has 15 heavy (non-hydrogen) atoms. The predicted octanol–water partition coefficient (Wildman–Crippen LogP) is 1.56. The van der Waals surface area contributed by atoms with Crippen molar-refractivity contribution in [2.75, 3.05) is 18.9 Å². The van der Waals surface area contributed by atoms with Crippen molar-refractivity contribution in [3.63, 3.8) is 0 Å². The van der Waals surface area contributed by atoms with Gasteiger partial charge in [-0.1, -0.05) is 18.2 Å². The fourth-order valence-corrected chi connectivity index (χ4v) is 1.55. The molecule has 0 aliphatic carbocycles.